The van der Waals surface area contributed by atoms with Gasteiger partial charge in [0.25, 0.3) is 0 Å². The first kappa shape index (κ1) is 15.3. The summed E-state index contributed by atoms with van der Waals surface area (Å²) in [6.45, 7) is 10.9. The van der Waals surface area contributed by atoms with Crippen LogP contribution >= 0.6 is 0 Å². The second kappa shape index (κ2) is 5.74. The van der Waals surface area contributed by atoms with Crippen LogP contribution in [0.3, 0.4) is 0 Å². The summed E-state index contributed by atoms with van der Waals surface area (Å²) in [4.78, 5) is 0. The average molecular weight is 276 g/mol. The highest BCUT2D eigenvalue weighted by Gasteiger charge is 2.50. The average Bonchev–Trinajstić information content (AvgIpc) is 2.61. The molecule has 1 saturated carbocycles. The van der Waals surface area contributed by atoms with Crippen molar-refractivity contribution in [3.05, 3.63) is 29.8 Å². The first-order chi connectivity index (χ1) is 9.40. The topological polar surface area (TPSA) is 44.3 Å². The third-order valence-electron chi connectivity index (χ3n) is 5.32. The largest absolute Gasteiger partial charge is 0.508 e. The van der Waals surface area contributed by atoms with Crippen LogP contribution in [0.15, 0.2) is 24.3 Å². The smallest absolute Gasteiger partial charge is 0.120 e. The molecule has 0 saturated heterocycles. The fourth-order valence-corrected chi connectivity index (χ4v) is 3.46. The minimum atomic E-state index is 0.179. The van der Waals surface area contributed by atoms with Gasteiger partial charge in [-0.15, -0.1) is 0 Å². The third-order valence-corrected chi connectivity index (χ3v) is 5.32. The number of para-hydroxylation sites is 1. The molecule has 0 radical (unpaired) electrons. The summed E-state index contributed by atoms with van der Waals surface area (Å²) in [5.41, 5.74) is 1.34. The van der Waals surface area contributed by atoms with Gasteiger partial charge in [-0.25, -0.2) is 0 Å². The van der Waals surface area contributed by atoms with Crippen molar-refractivity contribution in [2.75, 3.05) is 6.54 Å². The fraction of sp³-hybridized carbons (Fsp3) is 0.647. The van der Waals surface area contributed by atoms with E-state index in [1.165, 1.54) is 12.8 Å². The van der Waals surface area contributed by atoms with Gasteiger partial charge in [0.05, 0.1) is 0 Å². The van der Waals surface area contributed by atoms with Crippen LogP contribution < -0.4 is 10.6 Å². The molecule has 0 aromatic heterocycles. The number of phenolic OH excluding ortho intramolecular Hbond substituents is 1. The Balaban J connectivity index is 2.03. The van der Waals surface area contributed by atoms with E-state index in [1.54, 1.807) is 6.07 Å². The molecule has 3 N–H and O–H groups in total. The maximum absolute atomic E-state index is 9.85. The number of benzene rings is 1. The van der Waals surface area contributed by atoms with Crippen LogP contribution in [0.5, 0.6) is 5.75 Å². The molecular formula is C17H28N2O. The monoisotopic (exact) mass is 276 g/mol. The van der Waals surface area contributed by atoms with E-state index < -0.39 is 0 Å². The number of phenols is 1. The maximum Gasteiger partial charge on any atom is 0.120 e. The Labute approximate surface area is 122 Å². The quantitative estimate of drug-likeness (QED) is 0.774. The lowest BCUT2D eigenvalue weighted by Crippen LogP contribution is -2.55. The zero-order valence-electron chi connectivity index (χ0n) is 13.2. The van der Waals surface area contributed by atoms with Crippen LogP contribution in [0, 0.1) is 5.41 Å². The predicted octanol–water partition coefficient (Wildman–Crippen LogP) is 3.04. The van der Waals surface area contributed by atoms with Crippen molar-refractivity contribution >= 4 is 0 Å². The summed E-state index contributed by atoms with van der Waals surface area (Å²) in [6, 6.07) is 8.03. The summed E-state index contributed by atoms with van der Waals surface area (Å²) >= 11 is 0. The molecule has 0 spiro atoms. The molecule has 20 heavy (non-hydrogen) atoms. The highest BCUT2D eigenvalue weighted by molar-refractivity contribution is 5.31. The van der Waals surface area contributed by atoms with Gasteiger partial charge in [0, 0.05) is 23.7 Å². The molecule has 0 aliphatic heterocycles. The molecule has 3 nitrogen and oxygen atoms in total. The Morgan fingerprint density at radius 3 is 2.60 bits per heavy atom. The van der Waals surface area contributed by atoms with Gasteiger partial charge in [-0.1, -0.05) is 39.0 Å². The Kier molecular flexibility index (Phi) is 4.40. The molecule has 0 amide bonds. The molecular weight excluding hydrogens is 248 g/mol. The van der Waals surface area contributed by atoms with Gasteiger partial charge in [0.15, 0.2) is 0 Å². The molecule has 0 unspecified atom stereocenters. The van der Waals surface area contributed by atoms with E-state index in [-0.39, 0.29) is 11.0 Å². The van der Waals surface area contributed by atoms with Gasteiger partial charge in [-0.2, -0.15) is 0 Å². The maximum atomic E-state index is 9.85. The van der Waals surface area contributed by atoms with Gasteiger partial charge in [0.1, 0.15) is 5.75 Å². The number of aromatic hydroxyl groups is 1. The minimum Gasteiger partial charge on any atom is -0.508 e. The first-order valence-electron chi connectivity index (χ1n) is 7.66. The molecule has 2 rings (SSSR count). The van der Waals surface area contributed by atoms with Crippen LogP contribution in [0.2, 0.25) is 0 Å². The standard InChI is InChI=1S/C17H28N2O/c1-5-19-17(4)11-10-15(16(17,2)3)18-12-13-8-6-7-9-14(13)20/h6-9,15,18-20H,5,10-12H2,1-4H3/t15-,17-/m0/s1. The molecule has 112 valence electrons. The summed E-state index contributed by atoms with van der Waals surface area (Å²) < 4.78 is 0. The van der Waals surface area contributed by atoms with E-state index in [2.05, 4.69) is 38.3 Å². The molecule has 2 atom stereocenters. The van der Waals surface area contributed by atoms with E-state index in [1.807, 2.05) is 18.2 Å². The second-order valence-corrected chi connectivity index (χ2v) is 6.68. The van der Waals surface area contributed by atoms with Crippen molar-refractivity contribution in [1.82, 2.24) is 10.6 Å². The summed E-state index contributed by atoms with van der Waals surface area (Å²) in [5, 5.41) is 17.2. The van der Waals surface area contributed by atoms with Crippen molar-refractivity contribution in [3.63, 3.8) is 0 Å². The second-order valence-electron chi connectivity index (χ2n) is 6.68. The highest BCUT2D eigenvalue weighted by Crippen LogP contribution is 2.46. The highest BCUT2D eigenvalue weighted by atomic mass is 16.3. The normalized spacial score (nSPS) is 28.7. The van der Waals surface area contributed by atoms with Gasteiger partial charge < -0.3 is 15.7 Å². The number of nitrogens with one attached hydrogen (secondary N) is 2. The van der Waals surface area contributed by atoms with Crippen LogP contribution in [-0.4, -0.2) is 23.2 Å². The van der Waals surface area contributed by atoms with Crippen molar-refractivity contribution in [2.24, 2.45) is 5.41 Å². The number of hydrogen-bond acceptors (Lipinski definition) is 3. The van der Waals surface area contributed by atoms with Gasteiger partial charge in [-0.3, -0.25) is 0 Å². The Hall–Kier alpha value is -1.06. The molecule has 0 heterocycles. The molecule has 3 heteroatoms. The zero-order chi connectivity index (χ0) is 14.8. The van der Waals surface area contributed by atoms with Crippen LogP contribution in [0.1, 0.15) is 46.1 Å². The Bertz CT molecular complexity index is 458. The molecule has 1 aromatic carbocycles. The van der Waals surface area contributed by atoms with Gasteiger partial charge in [-0.05, 0) is 37.8 Å². The summed E-state index contributed by atoms with van der Waals surface area (Å²) in [5.74, 6) is 0.380. The lowest BCUT2D eigenvalue weighted by Gasteiger charge is -2.42. The van der Waals surface area contributed by atoms with Crippen molar-refractivity contribution in [2.45, 2.75) is 58.7 Å². The van der Waals surface area contributed by atoms with E-state index in [0.717, 1.165) is 18.7 Å². The van der Waals surface area contributed by atoms with Crippen LogP contribution in [0.4, 0.5) is 0 Å². The lowest BCUT2D eigenvalue weighted by molar-refractivity contribution is 0.146. The minimum absolute atomic E-state index is 0.179. The Morgan fingerprint density at radius 2 is 1.95 bits per heavy atom. The van der Waals surface area contributed by atoms with E-state index in [9.17, 15) is 5.11 Å². The molecule has 1 aliphatic carbocycles. The number of rotatable bonds is 5. The van der Waals surface area contributed by atoms with E-state index in [0.29, 0.717) is 11.8 Å². The van der Waals surface area contributed by atoms with Crippen molar-refractivity contribution in [1.29, 1.82) is 0 Å². The summed E-state index contributed by atoms with van der Waals surface area (Å²) in [7, 11) is 0. The van der Waals surface area contributed by atoms with Gasteiger partial charge >= 0.3 is 0 Å². The Morgan fingerprint density at radius 1 is 1.25 bits per heavy atom. The predicted molar refractivity (Wildman–Crippen MR) is 83.8 cm³/mol. The van der Waals surface area contributed by atoms with E-state index in [4.69, 9.17) is 0 Å². The summed E-state index contributed by atoms with van der Waals surface area (Å²) in [6.07, 6.45) is 2.36. The van der Waals surface area contributed by atoms with E-state index >= 15 is 0 Å². The lowest BCUT2D eigenvalue weighted by atomic mass is 9.74. The third kappa shape index (κ3) is 2.70. The first-order valence-corrected chi connectivity index (χ1v) is 7.66. The van der Waals surface area contributed by atoms with Gasteiger partial charge in [0.2, 0.25) is 0 Å². The SMILES string of the molecule is CCN[C@@]1(C)CC[C@H](NCc2ccccc2O)C1(C)C. The van der Waals surface area contributed by atoms with Crippen LogP contribution in [-0.2, 0) is 6.54 Å². The fourth-order valence-electron chi connectivity index (χ4n) is 3.46. The molecule has 1 aliphatic rings. The molecule has 1 fully saturated rings. The molecule has 1 aromatic rings. The van der Waals surface area contributed by atoms with Crippen LogP contribution in [0.25, 0.3) is 0 Å². The van der Waals surface area contributed by atoms with Crippen molar-refractivity contribution in [3.8, 4) is 5.75 Å². The number of hydrogen-bond donors (Lipinski definition) is 3. The van der Waals surface area contributed by atoms with Crippen molar-refractivity contribution < 1.29 is 5.11 Å². The molecule has 0 bridgehead atoms. The zero-order valence-corrected chi connectivity index (χ0v) is 13.2.